The Morgan fingerprint density at radius 1 is 1.03 bits per heavy atom. The molecule has 0 spiro atoms. The minimum absolute atomic E-state index is 0.0638. The quantitative estimate of drug-likeness (QED) is 0.497. The third-order valence-corrected chi connectivity index (χ3v) is 7.32. The second-order valence-corrected chi connectivity index (χ2v) is 9.62. The fraction of sp³-hybridized carbons (Fsp3) is 0.429. The van der Waals surface area contributed by atoms with E-state index in [9.17, 15) is 14.7 Å². The molecule has 3 heterocycles. The molecule has 9 nitrogen and oxygen atoms in total. The molecule has 5 rings (SSSR count). The Labute approximate surface area is 215 Å². The SMILES string of the molecule is COc1ccc2c(C)cc(=O)n(CCN3CCN(CCc4ccc5c(c4)OCCO5)C(C(=O)O)C3)c2c1. The zero-order chi connectivity index (χ0) is 25.9. The average Bonchev–Trinajstić information content (AvgIpc) is 2.91. The molecule has 3 aromatic rings. The average molecular weight is 508 g/mol. The highest BCUT2D eigenvalue weighted by molar-refractivity contribution is 5.83. The number of methoxy groups -OCH3 is 1. The lowest BCUT2D eigenvalue weighted by molar-refractivity contribution is -0.145. The van der Waals surface area contributed by atoms with E-state index in [4.69, 9.17) is 14.2 Å². The molecule has 0 bridgehead atoms. The smallest absolute Gasteiger partial charge is 0.322 e. The minimum Gasteiger partial charge on any atom is -0.497 e. The van der Waals surface area contributed by atoms with Gasteiger partial charge in [0.1, 0.15) is 25.0 Å². The van der Waals surface area contributed by atoms with E-state index in [1.165, 1.54) is 0 Å². The molecule has 0 radical (unpaired) electrons. The third-order valence-electron chi connectivity index (χ3n) is 7.32. The molecule has 2 aromatic carbocycles. The minimum atomic E-state index is -0.824. The number of hydrogen-bond donors (Lipinski definition) is 1. The van der Waals surface area contributed by atoms with Crippen LogP contribution >= 0.6 is 0 Å². The lowest BCUT2D eigenvalue weighted by atomic mass is 10.1. The molecule has 9 heteroatoms. The molecule has 37 heavy (non-hydrogen) atoms. The summed E-state index contributed by atoms with van der Waals surface area (Å²) in [5.41, 5.74) is 2.79. The van der Waals surface area contributed by atoms with Crippen molar-refractivity contribution in [3.05, 3.63) is 63.9 Å². The Kier molecular flexibility index (Phi) is 7.34. The molecule has 1 saturated heterocycles. The zero-order valence-corrected chi connectivity index (χ0v) is 21.3. The van der Waals surface area contributed by atoms with Gasteiger partial charge in [0.2, 0.25) is 0 Å². The molecule has 1 fully saturated rings. The molecule has 0 aliphatic carbocycles. The van der Waals surface area contributed by atoms with Crippen LogP contribution in [-0.4, -0.2) is 84.5 Å². The first-order chi connectivity index (χ1) is 17.9. The maximum Gasteiger partial charge on any atom is 0.322 e. The number of carboxylic acid groups (broad SMARTS) is 1. The molecule has 196 valence electrons. The summed E-state index contributed by atoms with van der Waals surface area (Å²) in [7, 11) is 1.61. The van der Waals surface area contributed by atoms with E-state index in [-0.39, 0.29) is 5.56 Å². The van der Waals surface area contributed by atoms with E-state index < -0.39 is 12.0 Å². The van der Waals surface area contributed by atoms with Gasteiger partial charge in [-0.1, -0.05) is 6.07 Å². The summed E-state index contributed by atoms with van der Waals surface area (Å²) in [6, 6.07) is 12.7. The van der Waals surface area contributed by atoms with Gasteiger partial charge in [-0.25, -0.2) is 0 Å². The first-order valence-corrected chi connectivity index (χ1v) is 12.7. The number of benzene rings is 2. The Bertz CT molecular complexity index is 1350. The first-order valence-electron chi connectivity index (χ1n) is 12.7. The predicted octanol–water partition coefficient (Wildman–Crippen LogP) is 2.40. The van der Waals surface area contributed by atoms with Crippen molar-refractivity contribution >= 4 is 16.9 Å². The third kappa shape index (κ3) is 5.42. The molecule has 0 saturated carbocycles. The van der Waals surface area contributed by atoms with Crippen LogP contribution in [0.2, 0.25) is 0 Å². The van der Waals surface area contributed by atoms with E-state index in [0.29, 0.717) is 51.7 Å². The fourth-order valence-corrected chi connectivity index (χ4v) is 5.22. The zero-order valence-electron chi connectivity index (χ0n) is 21.3. The second kappa shape index (κ2) is 10.8. The highest BCUT2D eigenvalue weighted by Crippen LogP contribution is 2.31. The van der Waals surface area contributed by atoms with Gasteiger partial charge < -0.3 is 23.9 Å². The number of aliphatic carboxylic acids is 1. The molecule has 1 N–H and O–H groups in total. The Morgan fingerprint density at radius 2 is 1.84 bits per heavy atom. The van der Waals surface area contributed by atoms with Crippen molar-refractivity contribution in [3.8, 4) is 17.2 Å². The number of aromatic nitrogens is 1. The number of ether oxygens (including phenoxy) is 3. The van der Waals surface area contributed by atoms with Crippen LogP contribution in [0.3, 0.4) is 0 Å². The van der Waals surface area contributed by atoms with Crippen molar-refractivity contribution in [2.24, 2.45) is 0 Å². The van der Waals surface area contributed by atoms with Crippen LogP contribution in [0.15, 0.2) is 47.3 Å². The summed E-state index contributed by atoms with van der Waals surface area (Å²) in [6.45, 7) is 6.55. The summed E-state index contributed by atoms with van der Waals surface area (Å²) in [4.78, 5) is 29.2. The Hall–Kier alpha value is -3.56. The van der Waals surface area contributed by atoms with Crippen molar-refractivity contribution in [2.75, 3.05) is 53.0 Å². The van der Waals surface area contributed by atoms with Gasteiger partial charge in [0.05, 0.1) is 12.6 Å². The highest BCUT2D eigenvalue weighted by atomic mass is 16.6. The maximum absolute atomic E-state index is 12.8. The Balaban J connectivity index is 1.24. The standard InChI is InChI=1S/C28H33N3O6/c1-19-15-27(32)31(23-17-21(35-2)4-5-22(19)23)12-10-29-9-11-30(24(18-29)28(33)34)8-7-20-3-6-25-26(16-20)37-14-13-36-25/h3-6,15-17,24H,7-14,18H2,1-2H3,(H,33,34). The maximum atomic E-state index is 12.8. The van der Waals surface area contributed by atoms with Crippen LogP contribution in [0.5, 0.6) is 17.2 Å². The van der Waals surface area contributed by atoms with Crippen molar-refractivity contribution in [1.29, 1.82) is 0 Å². The summed E-state index contributed by atoms with van der Waals surface area (Å²) in [6.07, 6.45) is 0.729. The number of carboxylic acids is 1. The van der Waals surface area contributed by atoms with E-state index in [0.717, 1.165) is 46.5 Å². The second-order valence-electron chi connectivity index (χ2n) is 9.62. The summed E-state index contributed by atoms with van der Waals surface area (Å²) in [5.74, 6) is 1.38. The van der Waals surface area contributed by atoms with Crippen molar-refractivity contribution < 1.29 is 24.1 Å². The highest BCUT2D eigenvalue weighted by Gasteiger charge is 2.32. The lowest BCUT2D eigenvalue weighted by Gasteiger charge is -2.39. The van der Waals surface area contributed by atoms with Crippen LogP contribution < -0.4 is 19.8 Å². The summed E-state index contributed by atoms with van der Waals surface area (Å²) < 4.78 is 18.4. The van der Waals surface area contributed by atoms with E-state index in [1.54, 1.807) is 17.7 Å². The van der Waals surface area contributed by atoms with Gasteiger partial charge in [-0.05, 0) is 48.7 Å². The number of piperazine rings is 1. The number of nitrogens with zero attached hydrogens (tertiary/aromatic N) is 3. The van der Waals surface area contributed by atoms with Crippen molar-refractivity contribution in [3.63, 3.8) is 0 Å². The van der Waals surface area contributed by atoms with Crippen molar-refractivity contribution in [2.45, 2.75) is 25.9 Å². The van der Waals surface area contributed by atoms with Crippen LogP contribution in [0, 0.1) is 6.92 Å². The van der Waals surface area contributed by atoms with E-state index in [1.807, 2.05) is 48.2 Å². The van der Waals surface area contributed by atoms with Crippen LogP contribution in [0.25, 0.3) is 10.9 Å². The number of rotatable bonds is 8. The van der Waals surface area contributed by atoms with Gasteiger partial charge in [0.25, 0.3) is 5.56 Å². The molecular formula is C28H33N3O6. The summed E-state index contributed by atoms with van der Waals surface area (Å²) in [5, 5.41) is 11.0. The largest absolute Gasteiger partial charge is 0.497 e. The van der Waals surface area contributed by atoms with Gasteiger partial charge >= 0.3 is 5.97 Å². The van der Waals surface area contributed by atoms with E-state index >= 15 is 0 Å². The topological polar surface area (TPSA) is 93.5 Å². The lowest BCUT2D eigenvalue weighted by Crippen LogP contribution is -2.57. The van der Waals surface area contributed by atoms with Crippen LogP contribution in [-0.2, 0) is 17.8 Å². The van der Waals surface area contributed by atoms with Crippen LogP contribution in [0.1, 0.15) is 11.1 Å². The Morgan fingerprint density at radius 3 is 2.62 bits per heavy atom. The summed E-state index contributed by atoms with van der Waals surface area (Å²) >= 11 is 0. The molecule has 1 aromatic heterocycles. The number of hydrogen-bond acceptors (Lipinski definition) is 7. The number of aryl methyl sites for hydroxylation is 1. The molecule has 2 aliphatic heterocycles. The van der Waals surface area contributed by atoms with Gasteiger partial charge in [-0.15, -0.1) is 0 Å². The van der Waals surface area contributed by atoms with E-state index in [2.05, 4.69) is 4.90 Å². The monoisotopic (exact) mass is 507 g/mol. The van der Waals surface area contributed by atoms with Gasteiger partial charge in [-0.3, -0.25) is 19.4 Å². The molecule has 0 amide bonds. The fourth-order valence-electron chi connectivity index (χ4n) is 5.22. The van der Waals surface area contributed by atoms with Gasteiger partial charge in [0.15, 0.2) is 11.5 Å². The molecule has 1 unspecified atom stereocenters. The normalized spacial score (nSPS) is 18.2. The number of fused-ring (bicyclic) bond motifs is 2. The van der Waals surface area contributed by atoms with Crippen LogP contribution in [0.4, 0.5) is 0 Å². The van der Waals surface area contributed by atoms with Gasteiger partial charge in [0, 0.05) is 56.8 Å². The van der Waals surface area contributed by atoms with Gasteiger partial charge in [-0.2, -0.15) is 0 Å². The number of carbonyl (C=O) groups is 1. The van der Waals surface area contributed by atoms with Crippen molar-refractivity contribution in [1.82, 2.24) is 14.4 Å². The molecule has 2 aliphatic rings. The number of pyridine rings is 1. The molecule has 1 atom stereocenters. The predicted molar refractivity (Wildman–Crippen MR) is 140 cm³/mol. The molecular weight excluding hydrogens is 474 g/mol. The first kappa shape index (κ1) is 25.1.